The predicted molar refractivity (Wildman–Crippen MR) is 78.9 cm³/mol. The van der Waals surface area contributed by atoms with Crippen molar-refractivity contribution in [2.45, 2.75) is 40.8 Å². The minimum absolute atomic E-state index is 0.682. The molecular weight excluding hydrogens is 236 g/mol. The molecule has 2 atom stereocenters. The van der Waals surface area contributed by atoms with Crippen LogP contribution in [0.4, 0.5) is 0 Å². The number of likely N-dealkylation sites (tertiary alicyclic amines) is 1. The molecule has 3 nitrogen and oxygen atoms in total. The molecule has 1 saturated heterocycles. The van der Waals surface area contributed by atoms with Crippen molar-refractivity contribution in [1.82, 2.24) is 10.2 Å². The van der Waals surface area contributed by atoms with E-state index in [0.717, 1.165) is 43.0 Å². The summed E-state index contributed by atoms with van der Waals surface area (Å²) in [4.78, 5) is 2.50. The molecule has 0 amide bonds. The topological polar surface area (TPSA) is 28.4 Å². The Kier molecular flexibility index (Phi) is 5.06. The maximum Gasteiger partial charge on any atom is 0.118 e. The zero-order valence-electron chi connectivity index (χ0n) is 12.8. The first-order valence-corrected chi connectivity index (χ1v) is 7.55. The van der Waals surface area contributed by atoms with Gasteiger partial charge in [0.2, 0.25) is 0 Å². The summed E-state index contributed by atoms with van der Waals surface area (Å²) in [6, 6.07) is 4.23. The van der Waals surface area contributed by atoms with E-state index in [-0.39, 0.29) is 0 Å². The molecule has 19 heavy (non-hydrogen) atoms. The average Bonchev–Trinajstić information content (AvgIpc) is 2.87. The summed E-state index contributed by atoms with van der Waals surface area (Å²) in [5.74, 6) is 4.45. The molecule has 0 spiro atoms. The largest absolute Gasteiger partial charge is 0.463 e. The monoisotopic (exact) mass is 264 g/mol. The normalized spacial score (nSPS) is 24.5. The van der Waals surface area contributed by atoms with Crippen molar-refractivity contribution in [3.63, 3.8) is 0 Å². The van der Waals surface area contributed by atoms with Crippen molar-refractivity contribution in [2.24, 2.45) is 17.8 Å². The molecule has 2 unspecified atom stereocenters. The predicted octanol–water partition coefficient (Wildman–Crippen LogP) is 3.11. The Balaban J connectivity index is 1.78. The number of rotatable bonds is 6. The average molecular weight is 264 g/mol. The van der Waals surface area contributed by atoms with Gasteiger partial charge in [-0.25, -0.2) is 0 Å². The number of hydrogen-bond donors (Lipinski definition) is 1. The number of hydrogen-bond acceptors (Lipinski definition) is 3. The lowest BCUT2D eigenvalue weighted by molar-refractivity contribution is 0.280. The highest BCUT2D eigenvalue weighted by Crippen LogP contribution is 2.24. The van der Waals surface area contributed by atoms with Crippen LogP contribution in [0.15, 0.2) is 16.5 Å². The molecule has 0 saturated carbocycles. The fourth-order valence-electron chi connectivity index (χ4n) is 2.68. The summed E-state index contributed by atoms with van der Waals surface area (Å²) in [6.07, 6.45) is 0. The fourth-order valence-corrected chi connectivity index (χ4v) is 2.68. The first-order valence-electron chi connectivity index (χ1n) is 7.55. The fraction of sp³-hybridized carbons (Fsp3) is 0.750. The van der Waals surface area contributed by atoms with Crippen molar-refractivity contribution in [2.75, 3.05) is 19.6 Å². The summed E-state index contributed by atoms with van der Waals surface area (Å²) >= 11 is 0. The van der Waals surface area contributed by atoms with Gasteiger partial charge in [-0.05, 0) is 36.4 Å². The Morgan fingerprint density at radius 1 is 1.21 bits per heavy atom. The van der Waals surface area contributed by atoms with Gasteiger partial charge in [0.05, 0.1) is 13.1 Å². The lowest BCUT2D eigenvalue weighted by Gasteiger charge is -2.13. The van der Waals surface area contributed by atoms with E-state index in [9.17, 15) is 0 Å². The van der Waals surface area contributed by atoms with E-state index in [0.29, 0.717) is 5.92 Å². The van der Waals surface area contributed by atoms with Crippen LogP contribution in [0.3, 0.4) is 0 Å². The van der Waals surface area contributed by atoms with Gasteiger partial charge in [-0.2, -0.15) is 0 Å². The molecule has 1 aromatic rings. The third-order valence-electron chi connectivity index (χ3n) is 4.01. The molecule has 3 heteroatoms. The van der Waals surface area contributed by atoms with E-state index < -0.39 is 0 Å². The molecule has 0 radical (unpaired) electrons. The van der Waals surface area contributed by atoms with Crippen molar-refractivity contribution >= 4 is 0 Å². The quantitative estimate of drug-likeness (QED) is 0.856. The Morgan fingerprint density at radius 2 is 1.84 bits per heavy atom. The summed E-state index contributed by atoms with van der Waals surface area (Å²) < 4.78 is 5.89. The highest BCUT2D eigenvalue weighted by atomic mass is 16.3. The van der Waals surface area contributed by atoms with Crippen LogP contribution in [0.1, 0.15) is 39.2 Å². The summed E-state index contributed by atoms with van der Waals surface area (Å²) in [6.45, 7) is 14.3. The minimum atomic E-state index is 0.682. The molecule has 108 valence electrons. The van der Waals surface area contributed by atoms with Gasteiger partial charge in [-0.1, -0.05) is 27.7 Å². The Hall–Kier alpha value is -0.800. The van der Waals surface area contributed by atoms with Crippen LogP contribution in [-0.4, -0.2) is 24.5 Å². The first kappa shape index (κ1) is 14.6. The van der Waals surface area contributed by atoms with Crippen LogP contribution in [0.25, 0.3) is 0 Å². The Labute approximate surface area is 117 Å². The molecule has 1 N–H and O–H groups in total. The Morgan fingerprint density at radius 3 is 2.47 bits per heavy atom. The van der Waals surface area contributed by atoms with Gasteiger partial charge in [-0.15, -0.1) is 0 Å². The molecular formula is C16H28N2O. The van der Waals surface area contributed by atoms with Crippen LogP contribution in [0.2, 0.25) is 0 Å². The molecule has 2 rings (SSSR count). The molecule has 1 fully saturated rings. The molecule has 1 aliphatic rings. The van der Waals surface area contributed by atoms with Gasteiger partial charge < -0.3 is 9.73 Å². The van der Waals surface area contributed by atoms with Crippen molar-refractivity contribution < 1.29 is 4.42 Å². The van der Waals surface area contributed by atoms with Crippen molar-refractivity contribution in [3.05, 3.63) is 23.7 Å². The van der Waals surface area contributed by atoms with Crippen LogP contribution in [0, 0.1) is 17.8 Å². The zero-order valence-corrected chi connectivity index (χ0v) is 12.8. The molecule has 1 aromatic heterocycles. The zero-order chi connectivity index (χ0) is 13.8. The maximum absolute atomic E-state index is 5.89. The molecule has 2 heterocycles. The highest BCUT2D eigenvalue weighted by Gasteiger charge is 2.26. The number of nitrogens with one attached hydrogen (secondary N) is 1. The van der Waals surface area contributed by atoms with Crippen LogP contribution in [-0.2, 0) is 13.1 Å². The lowest BCUT2D eigenvalue weighted by atomic mass is 10.0. The standard InChI is InChI=1S/C16H28N2O/c1-12(2)7-17-8-15-5-6-16(19-15)11-18-9-13(3)14(4)10-18/h5-6,12-14,17H,7-11H2,1-4H3. The third kappa shape index (κ3) is 4.36. The maximum atomic E-state index is 5.89. The summed E-state index contributed by atoms with van der Waals surface area (Å²) in [5, 5.41) is 3.41. The van der Waals surface area contributed by atoms with Gasteiger partial charge in [0.25, 0.3) is 0 Å². The van der Waals surface area contributed by atoms with Gasteiger partial charge in [0.15, 0.2) is 0 Å². The lowest BCUT2D eigenvalue weighted by Crippen LogP contribution is -2.20. The summed E-state index contributed by atoms with van der Waals surface area (Å²) in [5.41, 5.74) is 0. The second-order valence-corrected chi connectivity index (χ2v) is 6.54. The van der Waals surface area contributed by atoms with E-state index in [1.807, 2.05) is 0 Å². The highest BCUT2D eigenvalue weighted by molar-refractivity contribution is 5.07. The van der Waals surface area contributed by atoms with Gasteiger partial charge in [0.1, 0.15) is 11.5 Å². The second kappa shape index (κ2) is 6.58. The van der Waals surface area contributed by atoms with Gasteiger partial charge >= 0.3 is 0 Å². The third-order valence-corrected chi connectivity index (χ3v) is 4.01. The van der Waals surface area contributed by atoms with E-state index in [2.05, 4.69) is 50.0 Å². The van der Waals surface area contributed by atoms with Crippen molar-refractivity contribution in [3.8, 4) is 0 Å². The molecule has 0 aliphatic carbocycles. The van der Waals surface area contributed by atoms with Crippen LogP contribution >= 0.6 is 0 Å². The molecule has 1 aliphatic heterocycles. The molecule has 0 bridgehead atoms. The van der Waals surface area contributed by atoms with E-state index >= 15 is 0 Å². The van der Waals surface area contributed by atoms with E-state index in [1.165, 1.54) is 13.1 Å². The summed E-state index contributed by atoms with van der Waals surface area (Å²) in [7, 11) is 0. The van der Waals surface area contributed by atoms with Gasteiger partial charge in [0, 0.05) is 13.1 Å². The van der Waals surface area contributed by atoms with Crippen LogP contribution < -0.4 is 5.32 Å². The second-order valence-electron chi connectivity index (χ2n) is 6.54. The molecule has 0 aromatic carbocycles. The van der Waals surface area contributed by atoms with Crippen LogP contribution in [0.5, 0.6) is 0 Å². The minimum Gasteiger partial charge on any atom is -0.463 e. The van der Waals surface area contributed by atoms with Gasteiger partial charge in [-0.3, -0.25) is 4.90 Å². The Bertz CT molecular complexity index is 376. The van der Waals surface area contributed by atoms with E-state index in [4.69, 9.17) is 4.42 Å². The smallest absolute Gasteiger partial charge is 0.118 e. The SMILES string of the molecule is CC(C)CNCc1ccc(CN2CC(C)C(C)C2)o1. The van der Waals surface area contributed by atoms with E-state index in [1.54, 1.807) is 0 Å². The first-order chi connectivity index (χ1) is 9.04. The number of furan rings is 1. The number of nitrogens with zero attached hydrogens (tertiary/aromatic N) is 1. The van der Waals surface area contributed by atoms with Crippen molar-refractivity contribution in [1.29, 1.82) is 0 Å².